The van der Waals surface area contributed by atoms with Gasteiger partial charge in [-0.15, -0.1) is 11.6 Å². The highest BCUT2D eigenvalue weighted by atomic mass is 35.5. The molecule has 3 nitrogen and oxygen atoms in total. The monoisotopic (exact) mass is 244 g/mol. The minimum Gasteiger partial charge on any atom is -0.465 e. The first kappa shape index (κ1) is 13.2. The van der Waals surface area contributed by atoms with Crippen molar-refractivity contribution in [2.75, 3.05) is 12.5 Å². The average Bonchev–Trinajstić information content (AvgIpc) is 2.62. The van der Waals surface area contributed by atoms with Gasteiger partial charge in [0.15, 0.2) is 5.78 Å². The molecule has 1 fully saturated rings. The van der Waals surface area contributed by atoms with E-state index in [9.17, 15) is 9.59 Å². The van der Waals surface area contributed by atoms with Gasteiger partial charge in [-0.05, 0) is 26.2 Å². The Bertz CT molecular complexity index is 299. The van der Waals surface area contributed by atoms with E-state index in [-0.39, 0.29) is 11.8 Å². The van der Waals surface area contributed by atoms with Gasteiger partial charge in [0.05, 0.1) is 6.61 Å². The summed E-state index contributed by atoms with van der Waals surface area (Å²) in [6.07, 6.45) is 5.82. The lowest BCUT2D eigenvalue weighted by molar-refractivity contribution is -0.158. The van der Waals surface area contributed by atoms with Crippen LogP contribution in [0.5, 0.6) is 0 Å². The van der Waals surface area contributed by atoms with Crippen LogP contribution in [0, 0.1) is 5.41 Å². The Kier molecular flexibility index (Phi) is 5.00. The Hall–Kier alpha value is -0.830. The van der Waals surface area contributed by atoms with Crippen molar-refractivity contribution in [1.82, 2.24) is 0 Å². The third kappa shape index (κ3) is 2.64. The quantitative estimate of drug-likeness (QED) is 0.323. The molecule has 1 aliphatic carbocycles. The Morgan fingerprint density at radius 1 is 1.56 bits per heavy atom. The van der Waals surface area contributed by atoms with Crippen LogP contribution in [0.15, 0.2) is 12.2 Å². The SMILES string of the molecule is CCOC(=O)C1(C/C=C/CCl)CCCC1=O. The van der Waals surface area contributed by atoms with Crippen LogP contribution in [0.2, 0.25) is 0 Å². The summed E-state index contributed by atoms with van der Waals surface area (Å²) in [7, 11) is 0. The Morgan fingerprint density at radius 3 is 2.81 bits per heavy atom. The van der Waals surface area contributed by atoms with Crippen molar-refractivity contribution in [1.29, 1.82) is 0 Å². The molecule has 1 rings (SSSR count). The molecule has 0 aromatic heterocycles. The summed E-state index contributed by atoms with van der Waals surface area (Å²) in [5.74, 6) is 0.0227. The van der Waals surface area contributed by atoms with Crippen molar-refractivity contribution in [2.45, 2.75) is 32.6 Å². The van der Waals surface area contributed by atoms with Crippen LogP contribution in [0.1, 0.15) is 32.6 Å². The van der Waals surface area contributed by atoms with Crippen molar-refractivity contribution < 1.29 is 14.3 Å². The minimum absolute atomic E-state index is 0.00479. The number of rotatable bonds is 5. The minimum atomic E-state index is -0.932. The summed E-state index contributed by atoms with van der Waals surface area (Å²) >= 11 is 5.52. The van der Waals surface area contributed by atoms with Crippen LogP contribution < -0.4 is 0 Å². The smallest absolute Gasteiger partial charge is 0.319 e. The maximum atomic E-state index is 11.9. The number of halogens is 1. The van der Waals surface area contributed by atoms with Gasteiger partial charge in [0, 0.05) is 12.3 Å². The fourth-order valence-electron chi connectivity index (χ4n) is 2.06. The summed E-state index contributed by atoms with van der Waals surface area (Å²) in [5.41, 5.74) is -0.932. The van der Waals surface area contributed by atoms with Gasteiger partial charge in [0.25, 0.3) is 0 Å². The number of ketones is 1. The van der Waals surface area contributed by atoms with Gasteiger partial charge < -0.3 is 4.74 Å². The lowest BCUT2D eigenvalue weighted by atomic mass is 9.81. The highest BCUT2D eigenvalue weighted by molar-refractivity contribution is 6.18. The second-order valence-electron chi connectivity index (χ2n) is 3.91. The second-order valence-corrected chi connectivity index (χ2v) is 4.22. The molecule has 0 saturated heterocycles. The van der Waals surface area contributed by atoms with E-state index >= 15 is 0 Å². The molecule has 0 amide bonds. The lowest BCUT2D eigenvalue weighted by Crippen LogP contribution is -2.36. The van der Waals surface area contributed by atoms with Gasteiger partial charge in [-0.25, -0.2) is 0 Å². The van der Waals surface area contributed by atoms with Crippen molar-refractivity contribution >= 4 is 23.4 Å². The molecule has 16 heavy (non-hydrogen) atoms. The fraction of sp³-hybridized carbons (Fsp3) is 0.667. The van der Waals surface area contributed by atoms with E-state index in [1.165, 1.54) is 0 Å². The van der Waals surface area contributed by atoms with E-state index < -0.39 is 5.41 Å². The summed E-state index contributed by atoms with van der Waals surface area (Å²) in [5, 5.41) is 0. The van der Waals surface area contributed by atoms with Crippen molar-refractivity contribution in [3.63, 3.8) is 0 Å². The fourth-order valence-corrected chi connectivity index (χ4v) is 2.19. The molecule has 0 aliphatic heterocycles. The largest absolute Gasteiger partial charge is 0.465 e. The van der Waals surface area contributed by atoms with E-state index in [1.807, 2.05) is 0 Å². The predicted octanol–water partition coefficient (Wildman–Crippen LogP) is 2.47. The zero-order valence-electron chi connectivity index (χ0n) is 9.50. The summed E-state index contributed by atoms with van der Waals surface area (Å²) in [6, 6.07) is 0. The van der Waals surface area contributed by atoms with Crippen LogP contribution >= 0.6 is 11.6 Å². The third-order valence-electron chi connectivity index (χ3n) is 2.93. The second kappa shape index (κ2) is 6.04. The maximum Gasteiger partial charge on any atom is 0.319 e. The molecule has 1 saturated carbocycles. The number of hydrogen-bond donors (Lipinski definition) is 0. The van der Waals surface area contributed by atoms with E-state index in [0.717, 1.165) is 6.42 Å². The molecule has 90 valence electrons. The van der Waals surface area contributed by atoms with Crippen LogP contribution in [-0.4, -0.2) is 24.2 Å². The molecule has 0 N–H and O–H groups in total. The molecule has 0 bridgehead atoms. The lowest BCUT2D eigenvalue weighted by Gasteiger charge is -2.23. The molecular formula is C12H17ClO3. The van der Waals surface area contributed by atoms with E-state index in [0.29, 0.717) is 31.7 Å². The molecule has 0 radical (unpaired) electrons. The van der Waals surface area contributed by atoms with Crippen molar-refractivity contribution in [3.8, 4) is 0 Å². The molecule has 0 aromatic rings. The van der Waals surface area contributed by atoms with Crippen molar-refractivity contribution in [2.24, 2.45) is 5.41 Å². The van der Waals surface area contributed by atoms with Crippen LogP contribution in [0.3, 0.4) is 0 Å². The molecule has 4 heteroatoms. The van der Waals surface area contributed by atoms with Gasteiger partial charge in [0.2, 0.25) is 0 Å². The highest BCUT2D eigenvalue weighted by Gasteiger charge is 2.48. The number of carbonyl (C=O) groups excluding carboxylic acids is 2. The first-order chi connectivity index (χ1) is 7.67. The van der Waals surface area contributed by atoms with Gasteiger partial charge in [-0.1, -0.05) is 12.2 Å². The average molecular weight is 245 g/mol. The number of carbonyl (C=O) groups is 2. The van der Waals surface area contributed by atoms with Crippen molar-refractivity contribution in [3.05, 3.63) is 12.2 Å². The predicted molar refractivity (Wildman–Crippen MR) is 62.4 cm³/mol. The van der Waals surface area contributed by atoms with Gasteiger partial charge in [0.1, 0.15) is 5.41 Å². The first-order valence-corrected chi connectivity index (χ1v) is 6.12. The van der Waals surface area contributed by atoms with Gasteiger partial charge in [-0.2, -0.15) is 0 Å². The number of esters is 1. The topological polar surface area (TPSA) is 43.4 Å². The number of Topliss-reactive ketones (excluding diaryl/α,β-unsaturated/α-hetero) is 1. The number of hydrogen-bond acceptors (Lipinski definition) is 3. The summed E-state index contributed by atoms with van der Waals surface area (Å²) in [6.45, 7) is 2.06. The van der Waals surface area contributed by atoms with Crippen LogP contribution in [0.4, 0.5) is 0 Å². The molecule has 1 aliphatic rings. The van der Waals surface area contributed by atoms with E-state index in [4.69, 9.17) is 16.3 Å². The maximum absolute atomic E-state index is 11.9. The zero-order chi connectivity index (χ0) is 12.0. The molecule has 0 aromatic carbocycles. The number of ether oxygens (including phenoxy) is 1. The van der Waals surface area contributed by atoms with E-state index in [2.05, 4.69) is 0 Å². The van der Waals surface area contributed by atoms with Gasteiger partial charge in [-0.3, -0.25) is 9.59 Å². The third-order valence-corrected chi connectivity index (χ3v) is 3.11. The zero-order valence-corrected chi connectivity index (χ0v) is 10.3. The number of allylic oxidation sites excluding steroid dienone is 2. The molecular weight excluding hydrogens is 228 g/mol. The molecule has 0 spiro atoms. The Labute approximate surface area is 101 Å². The first-order valence-electron chi connectivity index (χ1n) is 5.59. The summed E-state index contributed by atoms with van der Waals surface area (Å²) in [4.78, 5) is 23.7. The van der Waals surface area contributed by atoms with Crippen LogP contribution in [0.25, 0.3) is 0 Å². The van der Waals surface area contributed by atoms with Crippen LogP contribution in [-0.2, 0) is 14.3 Å². The molecule has 1 unspecified atom stereocenters. The standard InChI is InChI=1S/C12H17ClO3/c1-2-16-11(15)12(7-3-4-9-13)8-5-6-10(12)14/h3-4H,2,5-9H2,1H3/b4-3+. The Morgan fingerprint density at radius 2 is 2.31 bits per heavy atom. The summed E-state index contributed by atoms with van der Waals surface area (Å²) < 4.78 is 5.00. The molecule has 1 atom stereocenters. The molecule has 0 heterocycles. The van der Waals surface area contributed by atoms with E-state index in [1.54, 1.807) is 19.1 Å². The normalized spacial score (nSPS) is 25.2. The highest BCUT2D eigenvalue weighted by Crippen LogP contribution is 2.39. The number of alkyl halides is 1. The Balaban J connectivity index is 2.80. The van der Waals surface area contributed by atoms with Gasteiger partial charge >= 0.3 is 5.97 Å².